The van der Waals surface area contributed by atoms with Gasteiger partial charge in [0.25, 0.3) is 0 Å². The molecular weight excluding hydrogens is 391 g/mol. The molecule has 2 aromatic rings. The van der Waals surface area contributed by atoms with Gasteiger partial charge in [-0.25, -0.2) is 0 Å². The van der Waals surface area contributed by atoms with Gasteiger partial charge in [0.2, 0.25) is 0 Å². The first kappa shape index (κ1) is 12.8. The van der Waals surface area contributed by atoms with Crippen LogP contribution in [0.15, 0.2) is 41.0 Å². The number of hydrogen-bond donors (Lipinski definition) is 1. The van der Waals surface area contributed by atoms with E-state index in [9.17, 15) is 0 Å². The van der Waals surface area contributed by atoms with Gasteiger partial charge in [-0.3, -0.25) is 4.98 Å². The van der Waals surface area contributed by atoms with E-state index in [4.69, 9.17) is 0 Å². The number of aromatic nitrogens is 1. The van der Waals surface area contributed by atoms with Crippen molar-refractivity contribution >= 4 is 44.2 Å². The van der Waals surface area contributed by atoms with Crippen LogP contribution in [0.4, 0.5) is 5.69 Å². The Morgan fingerprint density at radius 3 is 2.88 bits per heavy atom. The van der Waals surface area contributed by atoms with E-state index in [1.165, 1.54) is 9.13 Å². The minimum absolute atomic E-state index is 0.754. The van der Waals surface area contributed by atoms with Crippen LogP contribution >= 0.6 is 38.5 Å². The summed E-state index contributed by atoms with van der Waals surface area (Å²) >= 11 is 5.80. The van der Waals surface area contributed by atoms with E-state index in [1.807, 2.05) is 12.3 Å². The molecule has 2 rings (SSSR count). The fourth-order valence-corrected chi connectivity index (χ4v) is 2.26. The Kier molecular flexibility index (Phi) is 4.39. The van der Waals surface area contributed by atoms with E-state index in [2.05, 4.69) is 80.0 Å². The summed E-state index contributed by atoms with van der Waals surface area (Å²) in [4.78, 5) is 4.36. The van der Waals surface area contributed by atoms with Gasteiger partial charge in [-0.15, -0.1) is 0 Å². The average Bonchev–Trinajstić information content (AvgIpc) is 2.32. The molecule has 0 atom stereocenters. The highest BCUT2D eigenvalue weighted by atomic mass is 127. The maximum atomic E-state index is 4.36. The van der Waals surface area contributed by atoms with Crippen molar-refractivity contribution in [2.45, 2.75) is 13.5 Å². The fourth-order valence-electron chi connectivity index (χ4n) is 1.50. The Morgan fingerprint density at radius 1 is 1.35 bits per heavy atom. The molecule has 2 nitrogen and oxygen atoms in total. The summed E-state index contributed by atoms with van der Waals surface area (Å²) in [5.74, 6) is 0. The number of rotatable bonds is 3. The monoisotopic (exact) mass is 402 g/mol. The van der Waals surface area contributed by atoms with Crippen LogP contribution in [0.1, 0.15) is 11.3 Å². The summed E-state index contributed by atoms with van der Waals surface area (Å²) in [7, 11) is 0. The zero-order valence-electron chi connectivity index (χ0n) is 9.37. The van der Waals surface area contributed by atoms with Crippen LogP contribution in [-0.2, 0) is 6.54 Å². The molecule has 0 saturated carbocycles. The van der Waals surface area contributed by atoms with Crippen LogP contribution in [0.5, 0.6) is 0 Å². The third kappa shape index (κ3) is 3.42. The van der Waals surface area contributed by atoms with Gasteiger partial charge in [-0.1, -0.05) is 6.07 Å². The van der Waals surface area contributed by atoms with Crippen LogP contribution in [0, 0.1) is 10.5 Å². The van der Waals surface area contributed by atoms with Crippen molar-refractivity contribution in [3.8, 4) is 0 Å². The highest BCUT2D eigenvalue weighted by Crippen LogP contribution is 2.22. The number of nitrogens with zero attached hydrogens (tertiary/aromatic N) is 1. The van der Waals surface area contributed by atoms with Gasteiger partial charge in [-0.05, 0) is 75.3 Å². The minimum Gasteiger partial charge on any atom is -0.379 e. The summed E-state index contributed by atoms with van der Waals surface area (Å²) in [6, 6.07) is 10.3. The predicted molar refractivity (Wildman–Crippen MR) is 83.2 cm³/mol. The first-order valence-corrected chi connectivity index (χ1v) is 7.13. The van der Waals surface area contributed by atoms with Gasteiger partial charge in [0, 0.05) is 19.9 Å². The number of aryl methyl sites for hydroxylation is 1. The second-order valence-electron chi connectivity index (χ2n) is 3.75. The molecule has 1 N–H and O–H groups in total. The van der Waals surface area contributed by atoms with E-state index < -0.39 is 0 Å². The molecule has 0 amide bonds. The molecule has 4 heteroatoms. The number of pyridine rings is 1. The normalized spacial score (nSPS) is 10.3. The Morgan fingerprint density at radius 2 is 2.18 bits per heavy atom. The van der Waals surface area contributed by atoms with Crippen molar-refractivity contribution in [1.29, 1.82) is 0 Å². The largest absolute Gasteiger partial charge is 0.379 e. The quantitative estimate of drug-likeness (QED) is 0.771. The Balaban J connectivity index is 2.08. The van der Waals surface area contributed by atoms with Crippen molar-refractivity contribution in [2.75, 3.05) is 5.32 Å². The molecule has 0 aliphatic heterocycles. The molecular formula is C13H12BrIN2. The Hall–Kier alpha value is -0.620. The van der Waals surface area contributed by atoms with E-state index in [0.717, 1.165) is 22.4 Å². The van der Waals surface area contributed by atoms with Gasteiger partial charge >= 0.3 is 0 Å². The molecule has 1 aromatic heterocycles. The van der Waals surface area contributed by atoms with E-state index >= 15 is 0 Å². The molecule has 0 aliphatic rings. The summed E-state index contributed by atoms with van der Waals surface area (Å²) in [5, 5.41) is 3.38. The van der Waals surface area contributed by atoms with Gasteiger partial charge in [0.05, 0.1) is 12.2 Å². The van der Waals surface area contributed by atoms with E-state index in [1.54, 1.807) is 0 Å². The number of benzene rings is 1. The number of halogens is 2. The lowest BCUT2D eigenvalue weighted by Crippen LogP contribution is -2.03. The molecule has 17 heavy (non-hydrogen) atoms. The van der Waals surface area contributed by atoms with Crippen molar-refractivity contribution in [3.05, 3.63) is 55.8 Å². The third-order valence-corrected chi connectivity index (χ3v) is 4.82. The average molecular weight is 403 g/mol. The first-order chi connectivity index (χ1) is 8.16. The summed E-state index contributed by atoms with van der Waals surface area (Å²) in [6.07, 6.45) is 1.83. The zero-order chi connectivity index (χ0) is 12.3. The van der Waals surface area contributed by atoms with Crippen LogP contribution < -0.4 is 5.32 Å². The molecule has 0 spiro atoms. The molecule has 1 heterocycles. The van der Waals surface area contributed by atoms with E-state index in [-0.39, 0.29) is 0 Å². The molecule has 1 aromatic carbocycles. The van der Waals surface area contributed by atoms with Crippen molar-refractivity contribution in [3.63, 3.8) is 0 Å². The lowest BCUT2D eigenvalue weighted by molar-refractivity contribution is 1.02. The maximum absolute atomic E-state index is 4.36. The number of anilines is 1. The van der Waals surface area contributed by atoms with Gasteiger partial charge < -0.3 is 5.32 Å². The predicted octanol–water partition coefficient (Wildman–Crippen LogP) is 4.37. The summed E-state index contributed by atoms with van der Waals surface area (Å²) in [5.41, 5.74) is 3.42. The van der Waals surface area contributed by atoms with Crippen LogP contribution in [-0.4, -0.2) is 4.98 Å². The van der Waals surface area contributed by atoms with Crippen molar-refractivity contribution < 1.29 is 0 Å². The molecule has 0 aliphatic carbocycles. The van der Waals surface area contributed by atoms with Crippen molar-refractivity contribution in [1.82, 2.24) is 4.98 Å². The third-order valence-electron chi connectivity index (χ3n) is 2.50. The minimum atomic E-state index is 0.754. The van der Waals surface area contributed by atoms with Gasteiger partial charge in [0.15, 0.2) is 0 Å². The Bertz CT molecular complexity index is 529. The molecule has 0 fully saturated rings. The van der Waals surface area contributed by atoms with Crippen LogP contribution in [0.3, 0.4) is 0 Å². The smallest absolute Gasteiger partial charge is 0.0623 e. The maximum Gasteiger partial charge on any atom is 0.0623 e. The molecule has 0 unspecified atom stereocenters. The molecule has 0 bridgehead atoms. The lowest BCUT2D eigenvalue weighted by atomic mass is 10.2. The number of hydrogen-bond acceptors (Lipinski definition) is 2. The van der Waals surface area contributed by atoms with Gasteiger partial charge in [-0.2, -0.15) is 0 Å². The van der Waals surface area contributed by atoms with Crippen LogP contribution in [0.2, 0.25) is 0 Å². The second-order valence-corrected chi connectivity index (χ2v) is 5.77. The topological polar surface area (TPSA) is 24.9 Å². The molecule has 0 radical (unpaired) electrons. The van der Waals surface area contributed by atoms with Crippen molar-refractivity contribution in [2.24, 2.45) is 0 Å². The molecule has 88 valence electrons. The Labute approximate surface area is 123 Å². The summed E-state index contributed by atoms with van der Waals surface area (Å²) < 4.78 is 2.32. The zero-order valence-corrected chi connectivity index (χ0v) is 13.1. The summed E-state index contributed by atoms with van der Waals surface area (Å²) in [6.45, 7) is 2.83. The highest BCUT2D eigenvalue weighted by molar-refractivity contribution is 14.1. The second kappa shape index (κ2) is 5.82. The molecule has 0 saturated heterocycles. The fraction of sp³-hybridized carbons (Fsp3) is 0.154. The highest BCUT2D eigenvalue weighted by Gasteiger charge is 2.01. The standard InChI is InChI=1S/C13H12BrIN2/c1-9-3-2-6-16-13(9)8-17-10-4-5-11(14)12(15)7-10/h2-7,17H,8H2,1H3. The van der Waals surface area contributed by atoms with Crippen LogP contribution in [0.25, 0.3) is 0 Å². The first-order valence-electron chi connectivity index (χ1n) is 5.26. The SMILES string of the molecule is Cc1cccnc1CNc1ccc(Br)c(I)c1. The van der Waals surface area contributed by atoms with E-state index in [0.29, 0.717) is 0 Å². The number of nitrogens with one attached hydrogen (secondary N) is 1. The lowest BCUT2D eigenvalue weighted by Gasteiger charge is -2.08. The van der Waals surface area contributed by atoms with Gasteiger partial charge in [0.1, 0.15) is 0 Å².